The minimum absolute atomic E-state index is 0.111. The molecule has 0 aliphatic rings. The smallest absolute Gasteiger partial charge is 0.206 e. The Labute approximate surface area is 178 Å². The highest BCUT2D eigenvalue weighted by Crippen LogP contribution is 2.32. The Morgan fingerprint density at radius 1 is 0.774 bits per heavy atom. The van der Waals surface area contributed by atoms with Crippen LogP contribution >= 0.6 is 0 Å². The molecule has 5 heteroatoms. The van der Waals surface area contributed by atoms with Gasteiger partial charge in [-0.1, -0.05) is 55.9 Å². The molecular weight excluding hydrogens is 407 g/mol. The predicted molar refractivity (Wildman–Crippen MR) is 112 cm³/mol. The van der Waals surface area contributed by atoms with Crippen LogP contribution < -0.4 is 0 Å². The van der Waals surface area contributed by atoms with E-state index >= 15 is 0 Å². The monoisotopic (exact) mass is 428 g/mol. The molecule has 0 saturated heterocycles. The third-order valence-electron chi connectivity index (χ3n) is 4.94. The summed E-state index contributed by atoms with van der Waals surface area (Å²) in [6, 6.07) is 13.5. The van der Waals surface area contributed by atoms with Gasteiger partial charge in [-0.15, -0.1) is 0 Å². The third-order valence-corrected chi connectivity index (χ3v) is 4.94. The van der Waals surface area contributed by atoms with E-state index in [0.717, 1.165) is 55.7 Å². The molecular formula is C26H21F5. The molecule has 0 atom stereocenters. The van der Waals surface area contributed by atoms with E-state index in [9.17, 15) is 22.0 Å². The maximum Gasteiger partial charge on any atom is 0.416 e. The third kappa shape index (κ3) is 5.95. The lowest BCUT2D eigenvalue weighted by Crippen LogP contribution is -2.04. The molecule has 3 aromatic carbocycles. The number of hydrogen-bond donors (Lipinski definition) is 0. The SMILES string of the molecule is CCCCCc1ccc(C#Cc2cc(F)c(-c3ccc(C(F)(F)F)cc3)cc2F)cc1. The van der Waals surface area contributed by atoms with Crippen LogP contribution in [0.3, 0.4) is 0 Å². The Kier molecular flexibility index (Phi) is 7.12. The van der Waals surface area contributed by atoms with Crippen LogP contribution in [0.5, 0.6) is 0 Å². The van der Waals surface area contributed by atoms with Gasteiger partial charge in [0.2, 0.25) is 0 Å². The minimum atomic E-state index is -4.49. The Morgan fingerprint density at radius 2 is 1.45 bits per heavy atom. The van der Waals surface area contributed by atoms with Crippen LogP contribution in [-0.4, -0.2) is 0 Å². The van der Waals surface area contributed by atoms with Gasteiger partial charge in [0.1, 0.15) is 11.6 Å². The van der Waals surface area contributed by atoms with Gasteiger partial charge in [-0.3, -0.25) is 0 Å². The lowest BCUT2D eigenvalue weighted by atomic mass is 10.0. The van der Waals surface area contributed by atoms with Crippen LogP contribution in [0.1, 0.15) is 48.4 Å². The first kappa shape index (κ1) is 22.6. The van der Waals surface area contributed by atoms with E-state index in [1.165, 1.54) is 12.0 Å². The second-order valence-electron chi connectivity index (χ2n) is 7.29. The number of alkyl halides is 3. The van der Waals surface area contributed by atoms with E-state index in [0.29, 0.717) is 5.56 Å². The first-order valence-corrected chi connectivity index (χ1v) is 10.1. The van der Waals surface area contributed by atoms with Gasteiger partial charge < -0.3 is 0 Å². The van der Waals surface area contributed by atoms with Gasteiger partial charge in [-0.25, -0.2) is 8.78 Å². The summed E-state index contributed by atoms with van der Waals surface area (Å²) in [6.07, 6.45) is -0.0439. The first-order chi connectivity index (χ1) is 14.8. The van der Waals surface area contributed by atoms with Crippen LogP contribution in [0.2, 0.25) is 0 Å². The normalized spacial score (nSPS) is 11.2. The number of halogens is 5. The van der Waals surface area contributed by atoms with Crippen molar-refractivity contribution in [1.29, 1.82) is 0 Å². The summed E-state index contributed by atoms with van der Waals surface area (Å²) in [4.78, 5) is 0. The van der Waals surface area contributed by atoms with Gasteiger partial charge in [0.05, 0.1) is 11.1 Å². The lowest BCUT2D eigenvalue weighted by Gasteiger charge is -2.09. The van der Waals surface area contributed by atoms with Crippen molar-refractivity contribution in [2.45, 2.75) is 38.8 Å². The summed E-state index contributed by atoms with van der Waals surface area (Å²) in [5.41, 5.74) is 0.968. The quantitative estimate of drug-likeness (QED) is 0.221. The number of unbranched alkanes of at least 4 members (excludes halogenated alkanes) is 2. The van der Waals surface area contributed by atoms with Gasteiger partial charge in [0.25, 0.3) is 0 Å². The standard InChI is InChI=1S/C26H21F5/c1-2-3-4-5-18-6-8-19(9-7-18)10-11-21-16-25(28)23(17-24(21)27)20-12-14-22(15-13-20)26(29,30)31/h6-9,12-17H,2-5H2,1H3. The van der Waals surface area contributed by atoms with E-state index < -0.39 is 23.4 Å². The average Bonchev–Trinajstić information content (AvgIpc) is 2.74. The van der Waals surface area contributed by atoms with Gasteiger partial charge in [-0.05, 0) is 60.4 Å². The van der Waals surface area contributed by atoms with E-state index in [1.807, 2.05) is 24.3 Å². The molecule has 3 aromatic rings. The second kappa shape index (κ2) is 9.78. The lowest BCUT2D eigenvalue weighted by molar-refractivity contribution is -0.137. The zero-order valence-electron chi connectivity index (χ0n) is 17.0. The molecule has 0 aromatic heterocycles. The minimum Gasteiger partial charge on any atom is -0.206 e. The van der Waals surface area contributed by atoms with Crippen molar-refractivity contribution in [3.05, 3.63) is 94.6 Å². The molecule has 160 valence electrons. The van der Waals surface area contributed by atoms with Crippen LogP contribution in [0, 0.1) is 23.5 Å². The number of aryl methyl sites for hydroxylation is 1. The van der Waals surface area contributed by atoms with Crippen molar-refractivity contribution in [3.63, 3.8) is 0 Å². The zero-order valence-corrected chi connectivity index (χ0v) is 17.0. The molecule has 0 aliphatic carbocycles. The van der Waals surface area contributed by atoms with E-state index in [4.69, 9.17) is 0 Å². The van der Waals surface area contributed by atoms with Crippen molar-refractivity contribution in [2.75, 3.05) is 0 Å². The molecule has 0 nitrogen and oxygen atoms in total. The molecule has 0 radical (unpaired) electrons. The molecule has 0 unspecified atom stereocenters. The van der Waals surface area contributed by atoms with Crippen molar-refractivity contribution in [3.8, 4) is 23.0 Å². The Balaban J connectivity index is 1.79. The van der Waals surface area contributed by atoms with Crippen molar-refractivity contribution < 1.29 is 22.0 Å². The average molecular weight is 428 g/mol. The fourth-order valence-electron chi connectivity index (χ4n) is 3.18. The molecule has 0 fully saturated rings. The summed E-state index contributed by atoms with van der Waals surface area (Å²) in [5.74, 6) is 3.97. The maximum atomic E-state index is 14.5. The fourth-order valence-corrected chi connectivity index (χ4v) is 3.18. The second-order valence-corrected chi connectivity index (χ2v) is 7.29. The predicted octanol–water partition coefficient (Wildman–Crippen LogP) is 7.78. The van der Waals surface area contributed by atoms with Gasteiger partial charge in [-0.2, -0.15) is 13.2 Å². The number of benzene rings is 3. The summed E-state index contributed by atoms with van der Waals surface area (Å²) in [7, 11) is 0. The molecule has 0 bridgehead atoms. The summed E-state index contributed by atoms with van der Waals surface area (Å²) >= 11 is 0. The summed E-state index contributed by atoms with van der Waals surface area (Å²) < 4.78 is 67.1. The van der Waals surface area contributed by atoms with Crippen LogP contribution in [0.15, 0.2) is 60.7 Å². The highest BCUT2D eigenvalue weighted by molar-refractivity contribution is 5.66. The van der Waals surface area contributed by atoms with Gasteiger partial charge in [0.15, 0.2) is 0 Å². The van der Waals surface area contributed by atoms with E-state index in [2.05, 4.69) is 18.8 Å². The summed E-state index contributed by atoms with van der Waals surface area (Å²) in [6.45, 7) is 2.15. The van der Waals surface area contributed by atoms with Crippen molar-refractivity contribution in [2.24, 2.45) is 0 Å². The summed E-state index contributed by atoms with van der Waals surface area (Å²) in [5, 5.41) is 0. The highest BCUT2D eigenvalue weighted by Gasteiger charge is 2.30. The molecule has 0 saturated carbocycles. The topological polar surface area (TPSA) is 0 Å². The largest absolute Gasteiger partial charge is 0.416 e. The molecule has 0 amide bonds. The molecule has 3 rings (SSSR count). The van der Waals surface area contributed by atoms with Gasteiger partial charge in [0, 0.05) is 11.1 Å². The maximum absolute atomic E-state index is 14.5. The van der Waals surface area contributed by atoms with Gasteiger partial charge >= 0.3 is 6.18 Å². The zero-order chi connectivity index (χ0) is 22.4. The molecule has 0 N–H and O–H groups in total. The van der Waals surface area contributed by atoms with Crippen LogP contribution in [0.4, 0.5) is 22.0 Å². The van der Waals surface area contributed by atoms with Crippen LogP contribution in [0.25, 0.3) is 11.1 Å². The fraction of sp³-hybridized carbons (Fsp3) is 0.231. The van der Waals surface area contributed by atoms with Crippen molar-refractivity contribution >= 4 is 0 Å². The van der Waals surface area contributed by atoms with Crippen molar-refractivity contribution in [1.82, 2.24) is 0 Å². The molecule has 31 heavy (non-hydrogen) atoms. The highest BCUT2D eigenvalue weighted by atomic mass is 19.4. The Hall–Kier alpha value is -3.13. The number of hydrogen-bond acceptors (Lipinski definition) is 0. The van der Waals surface area contributed by atoms with E-state index in [-0.39, 0.29) is 16.7 Å². The Bertz CT molecular complexity index is 1080. The van der Waals surface area contributed by atoms with Crippen LogP contribution in [-0.2, 0) is 12.6 Å². The Morgan fingerprint density at radius 3 is 2.06 bits per heavy atom. The number of rotatable bonds is 5. The molecule has 0 heterocycles. The first-order valence-electron chi connectivity index (χ1n) is 10.1. The molecule has 0 aliphatic heterocycles. The molecule has 0 spiro atoms. The van der Waals surface area contributed by atoms with E-state index in [1.54, 1.807) is 0 Å².